The molecule has 0 saturated carbocycles. The first kappa shape index (κ1) is 22.7. The molecule has 1 unspecified atom stereocenters. The van der Waals surface area contributed by atoms with Gasteiger partial charge in [-0.3, -0.25) is 5.10 Å². The van der Waals surface area contributed by atoms with Crippen LogP contribution in [0.5, 0.6) is 0 Å². The van der Waals surface area contributed by atoms with Crippen molar-refractivity contribution in [3.05, 3.63) is 59.0 Å². The fourth-order valence-electron chi connectivity index (χ4n) is 4.99. The van der Waals surface area contributed by atoms with E-state index in [-0.39, 0.29) is 23.8 Å². The number of H-pyrrole nitrogens is 1. The Morgan fingerprint density at radius 2 is 2.14 bits per heavy atom. The van der Waals surface area contributed by atoms with Crippen LogP contribution >= 0.6 is 0 Å². The maximum absolute atomic E-state index is 14.0. The van der Waals surface area contributed by atoms with Gasteiger partial charge in [-0.15, -0.1) is 0 Å². The second kappa shape index (κ2) is 9.25. The van der Waals surface area contributed by atoms with Crippen molar-refractivity contribution in [2.45, 2.75) is 44.8 Å². The molecular weight excluding hydrogens is 449 g/mol. The summed E-state index contributed by atoms with van der Waals surface area (Å²) in [6.07, 6.45) is 3.36. The van der Waals surface area contributed by atoms with Crippen molar-refractivity contribution in [3.63, 3.8) is 0 Å². The average Bonchev–Trinajstić information content (AvgIpc) is 3.33. The van der Waals surface area contributed by atoms with Gasteiger partial charge in [-0.25, -0.2) is 14.0 Å². The molecule has 9 nitrogen and oxygen atoms in total. The highest BCUT2D eigenvalue weighted by Crippen LogP contribution is 2.29. The van der Waals surface area contributed by atoms with Crippen LogP contribution in [0.25, 0.3) is 10.9 Å². The van der Waals surface area contributed by atoms with Crippen molar-refractivity contribution >= 4 is 28.7 Å². The number of para-hydroxylation sites is 1. The average molecular weight is 476 g/mol. The fourth-order valence-corrected chi connectivity index (χ4v) is 4.99. The number of hydrogen-bond acceptors (Lipinski definition) is 4. The maximum Gasteiger partial charge on any atom is 0.322 e. The van der Waals surface area contributed by atoms with Crippen LogP contribution in [0.15, 0.2) is 36.5 Å². The van der Waals surface area contributed by atoms with Crippen molar-refractivity contribution in [2.75, 3.05) is 18.4 Å². The van der Waals surface area contributed by atoms with Gasteiger partial charge in [0, 0.05) is 37.5 Å². The molecule has 180 valence electrons. The Labute approximate surface area is 201 Å². The lowest BCUT2D eigenvalue weighted by Gasteiger charge is -2.40. The molecule has 4 amide bonds. The third-order valence-corrected chi connectivity index (χ3v) is 6.83. The molecule has 35 heavy (non-hydrogen) atoms. The molecule has 5 rings (SSSR count). The summed E-state index contributed by atoms with van der Waals surface area (Å²) in [6.45, 7) is 3.25. The zero-order valence-corrected chi connectivity index (χ0v) is 19.3. The van der Waals surface area contributed by atoms with Gasteiger partial charge in [0.05, 0.1) is 23.5 Å². The van der Waals surface area contributed by atoms with Crippen molar-refractivity contribution in [3.8, 4) is 6.07 Å². The second-order valence-corrected chi connectivity index (χ2v) is 9.13. The molecule has 1 fully saturated rings. The van der Waals surface area contributed by atoms with E-state index in [2.05, 4.69) is 26.9 Å². The highest BCUT2D eigenvalue weighted by molar-refractivity contribution is 5.92. The Bertz CT molecular complexity index is 1320. The molecule has 1 aromatic heterocycles. The van der Waals surface area contributed by atoms with E-state index in [9.17, 15) is 19.2 Å². The molecule has 2 aromatic carbocycles. The number of halogens is 1. The predicted octanol–water partition coefficient (Wildman–Crippen LogP) is 3.67. The van der Waals surface area contributed by atoms with Crippen LogP contribution in [0.1, 0.15) is 29.5 Å². The highest BCUT2D eigenvalue weighted by atomic mass is 19.1. The molecular formula is C25H26FN7O2. The number of likely N-dealkylation sites (tertiary alicyclic amines) is 1. The van der Waals surface area contributed by atoms with E-state index in [1.54, 1.807) is 28.1 Å². The Morgan fingerprint density at radius 3 is 2.91 bits per heavy atom. The summed E-state index contributed by atoms with van der Waals surface area (Å²) in [7, 11) is 0. The van der Waals surface area contributed by atoms with Crippen LogP contribution in [0.4, 0.5) is 19.7 Å². The number of nitrogens with zero attached hydrogens (tertiary/aromatic N) is 4. The summed E-state index contributed by atoms with van der Waals surface area (Å²) in [5, 5.41) is 23.1. The van der Waals surface area contributed by atoms with E-state index >= 15 is 0 Å². The van der Waals surface area contributed by atoms with Crippen molar-refractivity contribution < 1.29 is 14.0 Å². The number of carbonyl (C=O) groups is 2. The summed E-state index contributed by atoms with van der Waals surface area (Å²) in [5.74, 6) is -0.436. The maximum atomic E-state index is 14.0. The van der Waals surface area contributed by atoms with E-state index in [0.29, 0.717) is 38.9 Å². The lowest BCUT2D eigenvalue weighted by atomic mass is 10.0. The number of nitrogens with one attached hydrogen (secondary N) is 3. The van der Waals surface area contributed by atoms with Gasteiger partial charge in [-0.2, -0.15) is 10.4 Å². The number of carbonyl (C=O) groups excluding carboxylic acids is 2. The van der Waals surface area contributed by atoms with Gasteiger partial charge in [0.15, 0.2) is 0 Å². The van der Waals surface area contributed by atoms with Gasteiger partial charge in [0.25, 0.3) is 0 Å². The molecule has 0 radical (unpaired) electrons. The largest absolute Gasteiger partial charge is 0.325 e. The Balaban J connectivity index is 1.17. The second-order valence-electron chi connectivity index (χ2n) is 9.13. The lowest BCUT2D eigenvalue weighted by molar-refractivity contribution is 0.127. The van der Waals surface area contributed by atoms with Crippen LogP contribution < -0.4 is 10.6 Å². The molecule has 3 aromatic rings. The monoisotopic (exact) mass is 475 g/mol. The minimum Gasteiger partial charge on any atom is -0.325 e. The van der Waals surface area contributed by atoms with E-state index < -0.39 is 11.9 Å². The minimum absolute atomic E-state index is 0.0492. The number of anilines is 1. The first-order chi connectivity index (χ1) is 16.9. The van der Waals surface area contributed by atoms with E-state index in [1.165, 1.54) is 6.07 Å². The molecule has 3 N–H and O–H groups in total. The molecule has 10 heteroatoms. The molecule has 0 aliphatic carbocycles. The third-order valence-electron chi connectivity index (χ3n) is 6.83. The summed E-state index contributed by atoms with van der Waals surface area (Å²) in [5.41, 5.74) is 3.94. The third kappa shape index (κ3) is 4.49. The van der Waals surface area contributed by atoms with Crippen LogP contribution in [0, 0.1) is 24.1 Å². The quantitative estimate of drug-likeness (QED) is 0.534. The number of piperidine rings is 1. The summed E-state index contributed by atoms with van der Waals surface area (Å²) in [6, 6.07) is 9.61. The number of urea groups is 2. The van der Waals surface area contributed by atoms with Crippen LogP contribution in [0.3, 0.4) is 0 Å². The molecule has 1 saturated heterocycles. The van der Waals surface area contributed by atoms with E-state index in [4.69, 9.17) is 0 Å². The first-order valence-corrected chi connectivity index (χ1v) is 11.7. The number of aromatic amines is 1. The van der Waals surface area contributed by atoms with Gasteiger partial charge < -0.3 is 20.4 Å². The standard InChI is InChI=1S/C25H26FN7O2/c1-15-9-16(10-18-13-28-31-22(15)18)11-19(12-27)29-24(34)32-7-5-20(6-8-32)33-14-17-3-2-4-21(26)23(17)30-25(33)35/h2-4,9-10,13,19-20H,5-8,11,14H2,1H3,(H,28,31)(H,29,34)(H,30,35). The van der Waals surface area contributed by atoms with Crippen molar-refractivity contribution in [1.82, 2.24) is 25.3 Å². The molecule has 0 spiro atoms. The van der Waals surface area contributed by atoms with Crippen LogP contribution in [0.2, 0.25) is 0 Å². The Hall–Kier alpha value is -4.13. The van der Waals surface area contributed by atoms with Crippen LogP contribution in [-0.4, -0.2) is 57.2 Å². The number of hydrogen-bond donors (Lipinski definition) is 3. The smallest absolute Gasteiger partial charge is 0.322 e. The zero-order chi connectivity index (χ0) is 24.5. The SMILES string of the molecule is Cc1cc(CC(C#N)NC(=O)N2CCC(N3Cc4cccc(F)c4NC3=O)CC2)cc2cn[nH]c12. The van der Waals surface area contributed by atoms with Crippen LogP contribution in [-0.2, 0) is 13.0 Å². The number of rotatable bonds is 4. The predicted molar refractivity (Wildman–Crippen MR) is 128 cm³/mol. The first-order valence-electron chi connectivity index (χ1n) is 11.7. The van der Waals surface area contributed by atoms with Crippen molar-refractivity contribution in [2.24, 2.45) is 0 Å². The lowest BCUT2D eigenvalue weighted by Crippen LogP contribution is -2.53. The van der Waals surface area contributed by atoms with Crippen molar-refractivity contribution in [1.29, 1.82) is 5.26 Å². The van der Waals surface area contributed by atoms with Gasteiger partial charge in [0.2, 0.25) is 0 Å². The fraction of sp³-hybridized carbons (Fsp3) is 0.360. The molecule has 3 heterocycles. The minimum atomic E-state index is -0.664. The Morgan fingerprint density at radius 1 is 1.34 bits per heavy atom. The number of amides is 4. The number of aromatic nitrogens is 2. The number of aryl methyl sites for hydroxylation is 1. The van der Waals surface area contributed by atoms with Gasteiger partial charge in [-0.05, 0) is 48.6 Å². The normalized spacial score (nSPS) is 17.0. The topological polar surface area (TPSA) is 117 Å². The molecule has 2 aliphatic heterocycles. The number of fused-ring (bicyclic) bond motifs is 2. The summed E-state index contributed by atoms with van der Waals surface area (Å²) in [4.78, 5) is 28.8. The van der Waals surface area contributed by atoms with E-state index in [0.717, 1.165) is 27.6 Å². The summed E-state index contributed by atoms with van der Waals surface area (Å²) < 4.78 is 14.0. The van der Waals surface area contributed by atoms with Gasteiger partial charge >= 0.3 is 12.1 Å². The molecule has 1 atom stereocenters. The number of benzene rings is 2. The zero-order valence-electron chi connectivity index (χ0n) is 19.3. The molecule has 0 bridgehead atoms. The number of nitriles is 1. The van der Waals surface area contributed by atoms with E-state index in [1.807, 2.05) is 19.1 Å². The molecule has 2 aliphatic rings. The summed E-state index contributed by atoms with van der Waals surface area (Å²) >= 11 is 0. The van der Waals surface area contributed by atoms with Gasteiger partial charge in [0.1, 0.15) is 11.9 Å². The van der Waals surface area contributed by atoms with Gasteiger partial charge in [-0.1, -0.05) is 18.2 Å². The highest BCUT2D eigenvalue weighted by Gasteiger charge is 2.33. The Kier molecular flexibility index (Phi) is 5.99.